The van der Waals surface area contributed by atoms with Crippen LogP contribution in [0.5, 0.6) is 11.5 Å². The molecule has 0 amide bonds. The van der Waals surface area contributed by atoms with Crippen LogP contribution in [0.15, 0.2) is 72.8 Å². The van der Waals surface area contributed by atoms with Crippen LogP contribution in [-0.4, -0.2) is 39.9 Å². The molecule has 0 saturated carbocycles. The fraction of sp³-hybridized carbons (Fsp3) is 0.357. The summed E-state index contributed by atoms with van der Waals surface area (Å²) in [7, 11) is 0. The van der Waals surface area contributed by atoms with Gasteiger partial charge < -0.3 is 20.2 Å². The van der Waals surface area contributed by atoms with Crippen LogP contribution in [0, 0.1) is 11.8 Å². The predicted octanol–water partition coefficient (Wildman–Crippen LogP) is 5.89. The Morgan fingerprint density at radius 2 is 1.76 bits per heavy atom. The molecule has 2 unspecified atom stereocenters. The number of nitrogens with zero attached hydrogens (tertiary/aromatic N) is 1. The minimum Gasteiger partial charge on any atom is -0.508 e. The Morgan fingerprint density at radius 3 is 2.45 bits per heavy atom. The summed E-state index contributed by atoms with van der Waals surface area (Å²) in [5.74, 6) is 0.765. The molecule has 3 N–H and O–H groups in total. The van der Waals surface area contributed by atoms with E-state index in [1.807, 2.05) is 30.3 Å². The smallest absolute Gasteiger partial charge is 0.123 e. The van der Waals surface area contributed by atoms with Crippen molar-refractivity contribution in [2.75, 3.05) is 19.6 Å². The summed E-state index contributed by atoms with van der Waals surface area (Å²) in [6.07, 6.45) is 12.8. The quantitative estimate of drug-likeness (QED) is 0.465. The van der Waals surface area contributed by atoms with Crippen molar-refractivity contribution in [3.63, 3.8) is 0 Å². The minimum absolute atomic E-state index is 0.138. The highest BCUT2D eigenvalue weighted by atomic mass is 35.5. The van der Waals surface area contributed by atoms with Crippen molar-refractivity contribution < 1.29 is 15.3 Å². The number of allylic oxidation sites excluding steroid dienone is 5. The van der Waals surface area contributed by atoms with E-state index in [0.29, 0.717) is 29.3 Å². The average molecular weight is 466 g/mol. The largest absolute Gasteiger partial charge is 0.508 e. The summed E-state index contributed by atoms with van der Waals surface area (Å²) >= 11 is 6.00. The standard InChI is InChI=1S/C28H32ClNO3/c1-20-5-2-3-6-24(20)25(26-19-23(31)12-13-27(26)32)7-4-16-30-17-14-28(33,15-18-30)21-8-10-22(29)11-9-21/h2-3,5-13,19-20,24,31-33H,4,14-18H2,1H3. The summed E-state index contributed by atoms with van der Waals surface area (Å²) in [6, 6.07) is 12.2. The van der Waals surface area contributed by atoms with Crippen LogP contribution < -0.4 is 0 Å². The van der Waals surface area contributed by atoms with Crippen molar-refractivity contribution in [2.45, 2.75) is 31.8 Å². The highest BCUT2D eigenvalue weighted by molar-refractivity contribution is 6.30. The Kier molecular flexibility index (Phi) is 7.28. The van der Waals surface area contributed by atoms with Gasteiger partial charge in [0.15, 0.2) is 0 Å². The van der Waals surface area contributed by atoms with Gasteiger partial charge in [0.1, 0.15) is 11.5 Å². The summed E-state index contributed by atoms with van der Waals surface area (Å²) in [5, 5.41) is 32.3. The van der Waals surface area contributed by atoms with Gasteiger partial charge in [0.05, 0.1) is 5.60 Å². The first-order valence-corrected chi connectivity index (χ1v) is 12.0. The lowest BCUT2D eigenvalue weighted by Gasteiger charge is -2.38. The molecule has 4 nitrogen and oxygen atoms in total. The van der Waals surface area contributed by atoms with E-state index in [4.69, 9.17) is 11.6 Å². The highest BCUT2D eigenvalue weighted by Crippen LogP contribution is 2.39. The third-order valence-corrected chi connectivity index (χ3v) is 7.19. The van der Waals surface area contributed by atoms with Crippen LogP contribution in [0.25, 0.3) is 5.57 Å². The van der Waals surface area contributed by atoms with Crippen LogP contribution in [0.3, 0.4) is 0 Å². The third-order valence-electron chi connectivity index (χ3n) is 6.94. The monoisotopic (exact) mass is 465 g/mol. The Labute approximate surface area is 201 Å². The van der Waals surface area contributed by atoms with Crippen LogP contribution in [0.4, 0.5) is 0 Å². The van der Waals surface area contributed by atoms with Gasteiger partial charge in [0, 0.05) is 36.1 Å². The molecular formula is C28H32ClNO3. The van der Waals surface area contributed by atoms with Crippen molar-refractivity contribution in [1.29, 1.82) is 0 Å². The van der Waals surface area contributed by atoms with Crippen LogP contribution in [0.2, 0.25) is 5.02 Å². The third kappa shape index (κ3) is 5.52. The molecule has 174 valence electrons. The average Bonchev–Trinajstić information content (AvgIpc) is 2.81. The lowest BCUT2D eigenvalue weighted by atomic mass is 9.80. The van der Waals surface area contributed by atoms with E-state index in [-0.39, 0.29) is 17.4 Å². The van der Waals surface area contributed by atoms with Crippen molar-refractivity contribution in [2.24, 2.45) is 11.8 Å². The Morgan fingerprint density at radius 1 is 1.06 bits per heavy atom. The van der Waals surface area contributed by atoms with Gasteiger partial charge in [-0.05, 0) is 66.6 Å². The number of halogens is 1. The van der Waals surface area contributed by atoms with Crippen LogP contribution in [-0.2, 0) is 5.60 Å². The Bertz CT molecular complexity index is 1050. The zero-order valence-electron chi connectivity index (χ0n) is 19.0. The fourth-order valence-electron chi connectivity index (χ4n) is 4.88. The zero-order chi connectivity index (χ0) is 23.4. The second-order valence-electron chi connectivity index (χ2n) is 9.18. The van der Waals surface area contributed by atoms with Crippen molar-refractivity contribution >= 4 is 17.2 Å². The molecule has 2 atom stereocenters. The van der Waals surface area contributed by atoms with Gasteiger partial charge in [-0.2, -0.15) is 0 Å². The van der Waals surface area contributed by atoms with E-state index < -0.39 is 5.60 Å². The van der Waals surface area contributed by atoms with E-state index in [0.717, 1.165) is 37.2 Å². The SMILES string of the molecule is CC1C=CC=CC1C(=CCCN1CCC(O)(c2ccc(Cl)cc2)CC1)c1cc(O)ccc1O. The molecule has 2 aromatic rings. The molecule has 0 radical (unpaired) electrons. The summed E-state index contributed by atoms with van der Waals surface area (Å²) in [5.41, 5.74) is 1.84. The number of hydrogen-bond acceptors (Lipinski definition) is 4. The number of benzene rings is 2. The first kappa shape index (κ1) is 23.6. The van der Waals surface area contributed by atoms with Gasteiger partial charge >= 0.3 is 0 Å². The molecule has 2 aliphatic rings. The first-order chi connectivity index (χ1) is 15.9. The molecule has 0 aromatic heterocycles. The Hall–Kier alpha value is -2.53. The fourth-order valence-corrected chi connectivity index (χ4v) is 5.01. The molecule has 1 fully saturated rings. The topological polar surface area (TPSA) is 63.9 Å². The molecule has 0 bridgehead atoms. The normalized spacial score (nSPS) is 23.1. The predicted molar refractivity (Wildman–Crippen MR) is 134 cm³/mol. The lowest BCUT2D eigenvalue weighted by molar-refractivity contribution is -0.0254. The molecule has 1 aliphatic carbocycles. The summed E-state index contributed by atoms with van der Waals surface area (Å²) < 4.78 is 0. The van der Waals surface area contributed by atoms with Gasteiger partial charge in [-0.25, -0.2) is 0 Å². The molecule has 33 heavy (non-hydrogen) atoms. The van der Waals surface area contributed by atoms with Crippen LogP contribution in [0.1, 0.15) is 37.3 Å². The zero-order valence-corrected chi connectivity index (χ0v) is 19.7. The van der Waals surface area contributed by atoms with Gasteiger partial charge in [-0.1, -0.05) is 61.0 Å². The number of phenols is 2. The molecule has 0 spiro atoms. The number of aromatic hydroxyl groups is 2. The van der Waals surface area contributed by atoms with Crippen LogP contribution >= 0.6 is 11.6 Å². The van der Waals surface area contributed by atoms with Gasteiger partial charge in [-0.3, -0.25) is 0 Å². The maximum absolute atomic E-state index is 11.1. The van der Waals surface area contributed by atoms with E-state index >= 15 is 0 Å². The van der Waals surface area contributed by atoms with Crippen molar-refractivity contribution in [1.82, 2.24) is 4.90 Å². The van der Waals surface area contributed by atoms with E-state index in [2.05, 4.69) is 36.1 Å². The Balaban J connectivity index is 1.44. The summed E-state index contributed by atoms with van der Waals surface area (Å²) in [6.45, 7) is 4.69. The number of phenolic OH excluding ortho intramolecular Hbond substituents is 2. The second kappa shape index (κ2) is 10.2. The lowest BCUT2D eigenvalue weighted by Crippen LogP contribution is -2.42. The maximum Gasteiger partial charge on any atom is 0.123 e. The minimum atomic E-state index is -0.801. The molecule has 1 saturated heterocycles. The first-order valence-electron chi connectivity index (χ1n) is 11.6. The molecule has 2 aromatic carbocycles. The van der Waals surface area contributed by atoms with E-state index in [9.17, 15) is 15.3 Å². The molecule has 5 heteroatoms. The highest BCUT2D eigenvalue weighted by Gasteiger charge is 2.33. The van der Waals surface area contributed by atoms with Crippen molar-refractivity contribution in [3.8, 4) is 11.5 Å². The van der Waals surface area contributed by atoms with Crippen molar-refractivity contribution in [3.05, 3.63) is 89.0 Å². The van der Waals surface area contributed by atoms with E-state index in [1.165, 1.54) is 6.07 Å². The number of piperidine rings is 1. The molecular weight excluding hydrogens is 434 g/mol. The molecule has 1 heterocycles. The molecule has 4 rings (SSSR count). The number of rotatable bonds is 6. The van der Waals surface area contributed by atoms with Gasteiger partial charge in [0.2, 0.25) is 0 Å². The number of likely N-dealkylation sites (tertiary alicyclic amines) is 1. The number of aliphatic hydroxyl groups is 1. The summed E-state index contributed by atoms with van der Waals surface area (Å²) in [4.78, 5) is 2.38. The van der Waals surface area contributed by atoms with E-state index in [1.54, 1.807) is 12.1 Å². The van der Waals surface area contributed by atoms with Gasteiger partial charge in [0.25, 0.3) is 0 Å². The molecule has 1 aliphatic heterocycles. The second-order valence-corrected chi connectivity index (χ2v) is 9.62. The maximum atomic E-state index is 11.1. The number of hydrogen-bond donors (Lipinski definition) is 3. The van der Waals surface area contributed by atoms with Gasteiger partial charge in [-0.15, -0.1) is 0 Å².